The Kier molecular flexibility index (Phi) is 3.89. The van der Waals surface area contributed by atoms with Gasteiger partial charge in [0.1, 0.15) is 17.2 Å². The highest BCUT2D eigenvalue weighted by Crippen LogP contribution is 2.19. The van der Waals surface area contributed by atoms with Gasteiger partial charge in [-0.15, -0.1) is 0 Å². The summed E-state index contributed by atoms with van der Waals surface area (Å²) in [7, 11) is 0. The first-order valence-corrected chi connectivity index (χ1v) is 6.30. The Morgan fingerprint density at radius 1 is 1.43 bits per heavy atom. The molecule has 21 heavy (non-hydrogen) atoms. The smallest absolute Gasteiger partial charge is 0.413 e. The van der Waals surface area contributed by atoms with Gasteiger partial charge in [0.15, 0.2) is 11.6 Å². The summed E-state index contributed by atoms with van der Waals surface area (Å²) in [6, 6.07) is 7.24. The van der Waals surface area contributed by atoms with Crippen molar-refractivity contribution in [2.24, 2.45) is 0 Å². The van der Waals surface area contributed by atoms with Crippen molar-refractivity contribution in [3.05, 3.63) is 36.2 Å². The Balaban J connectivity index is 2.33. The molecule has 1 N–H and O–H groups in total. The van der Waals surface area contributed by atoms with Gasteiger partial charge in [0.05, 0.1) is 6.20 Å². The topological polar surface area (TPSA) is 92.8 Å². The number of hydrogen-bond acceptors (Lipinski definition) is 5. The molecule has 0 aromatic carbocycles. The largest absolute Gasteiger partial charge is 0.444 e. The number of aromatic nitrogens is 3. The Bertz CT molecular complexity index is 680. The van der Waals surface area contributed by atoms with Crippen LogP contribution in [-0.4, -0.2) is 26.5 Å². The number of hydrogen-bond donors (Lipinski definition) is 1. The lowest BCUT2D eigenvalue weighted by molar-refractivity contribution is 0.0635. The average molecular weight is 285 g/mol. The van der Waals surface area contributed by atoms with E-state index in [2.05, 4.69) is 15.4 Å². The Hall–Kier alpha value is -2.88. The summed E-state index contributed by atoms with van der Waals surface area (Å²) in [5, 5.41) is 15.7. The van der Waals surface area contributed by atoms with E-state index in [9.17, 15) is 4.79 Å². The molecule has 0 unspecified atom stereocenters. The molecule has 0 radical (unpaired) electrons. The van der Waals surface area contributed by atoms with E-state index in [1.54, 1.807) is 45.2 Å². The van der Waals surface area contributed by atoms with Gasteiger partial charge in [-0.3, -0.25) is 5.32 Å². The quantitative estimate of drug-likeness (QED) is 0.915. The summed E-state index contributed by atoms with van der Waals surface area (Å²) in [6.07, 6.45) is 2.30. The summed E-state index contributed by atoms with van der Waals surface area (Å²) in [5.74, 6) is 0.718. The van der Waals surface area contributed by atoms with E-state index in [4.69, 9.17) is 10.00 Å². The van der Waals surface area contributed by atoms with Crippen molar-refractivity contribution in [3.63, 3.8) is 0 Å². The predicted octanol–water partition coefficient (Wildman–Crippen LogP) is 2.49. The number of pyridine rings is 1. The SMILES string of the molecule is CC(C)(C)OC(=O)Nc1c(C#N)cnn1-c1ccccn1. The second-order valence-corrected chi connectivity index (χ2v) is 5.25. The first kappa shape index (κ1) is 14.5. The molecule has 0 fully saturated rings. The third-order valence-corrected chi connectivity index (χ3v) is 2.38. The van der Waals surface area contributed by atoms with Crippen molar-refractivity contribution in [3.8, 4) is 11.9 Å². The monoisotopic (exact) mass is 285 g/mol. The number of carbonyl (C=O) groups is 1. The lowest BCUT2D eigenvalue weighted by atomic mass is 10.2. The van der Waals surface area contributed by atoms with Gasteiger partial charge in [-0.1, -0.05) is 6.07 Å². The van der Waals surface area contributed by atoms with Crippen LogP contribution in [0.25, 0.3) is 5.82 Å². The Labute approximate surface area is 122 Å². The van der Waals surface area contributed by atoms with E-state index in [1.807, 2.05) is 6.07 Å². The molecule has 0 aliphatic rings. The van der Waals surface area contributed by atoms with Gasteiger partial charge in [0.25, 0.3) is 0 Å². The molecule has 7 nitrogen and oxygen atoms in total. The maximum Gasteiger partial charge on any atom is 0.413 e. The third-order valence-electron chi connectivity index (χ3n) is 2.38. The van der Waals surface area contributed by atoms with E-state index in [0.29, 0.717) is 5.82 Å². The maximum atomic E-state index is 11.9. The van der Waals surface area contributed by atoms with Gasteiger partial charge in [0.2, 0.25) is 0 Å². The molecule has 108 valence electrons. The molecule has 0 atom stereocenters. The molecule has 0 aliphatic carbocycles. The molecule has 2 heterocycles. The minimum absolute atomic E-state index is 0.227. The van der Waals surface area contributed by atoms with Gasteiger partial charge in [-0.2, -0.15) is 15.0 Å². The summed E-state index contributed by atoms with van der Waals surface area (Å²) < 4.78 is 6.56. The molecule has 2 aromatic rings. The number of amides is 1. The van der Waals surface area contributed by atoms with Gasteiger partial charge in [0, 0.05) is 6.20 Å². The van der Waals surface area contributed by atoms with Crippen LogP contribution in [0.1, 0.15) is 26.3 Å². The van der Waals surface area contributed by atoms with Crippen molar-refractivity contribution < 1.29 is 9.53 Å². The van der Waals surface area contributed by atoms with Crippen molar-refractivity contribution in [1.82, 2.24) is 14.8 Å². The van der Waals surface area contributed by atoms with E-state index in [0.717, 1.165) is 0 Å². The fourth-order valence-electron chi connectivity index (χ4n) is 1.60. The minimum atomic E-state index is -0.656. The highest BCUT2D eigenvalue weighted by molar-refractivity contribution is 5.85. The van der Waals surface area contributed by atoms with E-state index >= 15 is 0 Å². The highest BCUT2D eigenvalue weighted by atomic mass is 16.6. The van der Waals surface area contributed by atoms with Gasteiger partial charge >= 0.3 is 6.09 Å². The molecule has 0 aliphatic heterocycles. The lowest BCUT2D eigenvalue weighted by Gasteiger charge is -2.19. The predicted molar refractivity (Wildman–Crippen MR) is 75.9 cm³/mol. The normalized spacial score (nSPS) is 10.8. The van der Waals surface area contributed by atoms with Crippen molar-refractivity contribution in [2.45, 2.75) is 26.4 Å². The molecular weight excluding hydrogens is 270 g/mol. The van der Waals surface area contributed by atoms with Crippen molar-refractivity contribution in [1.29, 1.82) is 5.26 Å². The van der Waals surface area contributed by atoms with Crippen LogP contribution < -0.4 is 5.32 Å². The number of nitrogens with one attached hydrogen (secondary N) is 1. The first-order chi connectivity index (χ1) is 9.90. The van der Waals surface area contributed by atoms with Crippen LogP contribution in [0.3, 0.4) is 0 Å². The second kappa shape index (κ2) is 5.63. The van der Waals surface area contributed by atoms with Gasteiger partial charge < -0.3 is 4.74 Å². The number of carbonyl (C=O) groups excluding carboxylic acids is 1. The van der Waals surface area contributed by atoms with Crippen LogP contribution in [-0.2, 0) is 4.74 Å². The van der Waals surface area contributed by atoms with Crippen LogP contribution >= 0.6 is 0 Å². The second-order valence-electron chi connectivity index (χ2n) is 5.25. The van der Waals surface area contributed by atoms with Gasteiger partial charge in [-0.05, 0) is 32.9 Å². The number of nitrogens with zero attached hydrogens (tertiary/aromatic N) is 4. The zero-order valence-corrected chi connectivity index (χ0v) is 12.0. The summed E-state index contributed by atoms with van der Waals surface area (Å²) >= 11 is 0. The summed E-state index contributed by atoms with van der Waals surface area (Å²) in [4.78, 5) is 16.0. The molecule has 0 saturated carbocycles. The number of anilines is 1. The van der Waals surface area contributed by atoms with Crippen molar-refractivity contribution >= 4 is 11.9 Å². The van der Waals surface area contributed by atoms with Crippen LogP contribution in [0, 0.1) is 11.3 Å². The lowest BCUT2D eigenvalue weighted by Crippen LogP contribution is -2.28. The van der Waals surface area contributed by atoms with E-state index < -0.39 is 11.7 Å². The summed E-state index contributed by atoms with van der Waals surface area (Å²) in [6.45, 7) is 5.27. The molecule has 0 saturated heterocycles. The summed E-state index contributed by atoms with van der Waals surface area (Å²) in [5.41, 5.74) is -0.404. The number of nitriles is 1. The fourth-order valence-corrected chi connectivity index (χ4v) is 1.60. The third kappa shape index (κ3) is 3.57. The molecule has 0 spiro atoms. The standard InChI is InChI=1S/C14H15N5O2/c1-14(2,3)21-13(20)18-12-10(8-15)9-17-19(12)11-6-4-5-7-16-11/h4-7,9H,1-3H3,(H,18,20). The van der Waals surface area contributed by atoms with Crippen LogP contribution in [0.15, 0.2) is 30.6 Å². The Morgan fingerprint density at radius 2 is 2.19 bits per heavy atom. The number of ether oxygens (including phenoxy) is 1. The van der Waals surface area contributed by atoms with Crippen LogP contribution in [0.2, 0.25) is 0 Å². The maximum absolute atomic E-state index is 11.9. The van der Waals surface area contributed by atoms with Crippen LogP contribution in [0.4, 0.5) is 10.6 Å². The Morgan fingerprint density at radius 3 is 2.76 bits per heavy atom. The molecule has 7 heteroatoms. The highest BCUT2D eigenvalue weighted by Gasteiger charge is 2.20. The van der Waals surface area contributed by atoms with E-state index in [1.165, 1.54) is 10.9 Å². The zero-order chi connectivity index (χ0) is 15.5. The fraction of sp³-hybridized carbons (Fsp3) is 0.286. The van der Waals surface area contributed by atoms with Gasteiger partial charge in [-0.25, -0.2) is 9.78 Å². The molecule has 0 bridgehead atoms. The molecular formula is C14H15N5O2. The zero-order valence-electron chi connectivity index (χ0n) is 12.0. The first-order valence-electron chi connectivity index (χ1n) is 6.30. The average Bonchev–Trinajstić information content (AvgIpc) is 2.80. The molecule has 2 aromatic heterocycles. The van der Waals surface area contributed by atoms with E-state index in [-0.39, 0.29) is 11.4 Å². The van der Waals surface area contributed by atoms with Crippen molar-refractivity contribution in [2.75, 3.05) is 5.32 Å². The molecule has 2 rings (SSSR count). The molecule has 1 amide bonds. The minimum Gasteiger partial charge on any atom is -0.444 e. The van der Waals surface area contributed by atoms with Crippen LogP contribution in [0.5, 0.6) is 0 Å². The number of rotatable bonds is 2.